The van der Waals surface area contributed by atoms with Crippen molar-refractivity contribution in [1.29, 1.82) is 0 Å². The van der Waals surface area contributed by atoms with E-state index in [4.69, 9.17) is 13.9 Å². The van der Waals surface area contributed by atoms with E-state index >= 15 is 0 Å². The Bertz CT molecular complexity index is 1360. The maximum Gasteiger partial charge on any atom is 0.416 e. The Labute approximate surface area is 221 Å². The molecule has 0 aliphatic carbocycles. The van der Waals surface area contributed by atoms with Gasteiger partial charge in [0.2, 0.25) is 18.1 Å². The normalized spacial score (nSPS) is 14.9. The molecule has 0 saturated heterocycles. The highest BCUT2D eigenvalue weighted by atomic mass is 19.4. The molecule has 1 aliphatic heterocycles. The Kier molecular flexibility index (Phi) is 9.04. The average Bonchev–Trinajstić information content (AvgIpc) is 3.21. The number of furan rings is 1. The van der Waals surface area contributed by atoms with Gasteiger partial charge in [0.1, 0.15) is 30.3 Å². The minimum Gasteiger partial charge on any atom is -0.496 e. The van der Waals surface area contributed by atoms with Crippen LogP contribution in [0.15, 0.2) is 40.8 Å². The van der Waals surface area contributed by atoms with Crippen LogP contribution >= 0.6 is 0 Å². The molecule has 9 nitrogen and oxygen atoms in total. The second-order valence-electron chi connectivity index (χ2n) is 8.77. The van der Waals surface area contributed by atoms with Gasteiger partial charge >= 0.3 is 6.18 Å². The first-order valence-electron chi connectivity index (χ1n) is 11.6. The molecule has 1 aliphatic rings. The number of hydrogen-bond donors (Lipinski definition) is 1. The zero-order valence-corrected chi connectivity index (χ0v) is 21.6. The summed E-state index contributed by atoms with van der Waals surface area (Å²) in [7, 11) is 4.59. The monoisotopic (exact) mass is 553 g/mol. The molecule has 13 heteroatoms. The van der Waals surface area contributed by atoms with Gasteiger partial charge in [0, 0.05) is 26.2 Å². The number of benzene rings is 2. The lowest BCUT2D eigenvalue weighted by Gasteiger charge is -2.26. The van der Waals surface area contributed by atoms with Gasteiger partial charge in [0.25, 0.3) is 5.91 Å². The van der Waals surface area contributed by atoms with Crippen molar-refractivity contribution in [3.8, 4) is 11.5 Å². The number of nitrogens with zero attached hydrogens (tertiary/aromatic N) is 2. The number of likely N-dealkylation sites (N-methyl/N-ethyl adjacent to an activating group) is 1. The molecule has 0 radical (unpaired) electrons. The number of carbonyl (C=O) groups excluding carboxylic acids is 3. The fraction of sp³-hybridized carbons (Fsp3) is 0.346. The maximum absolute atomic E-state index is 13.1. The largest absolute Gasteiger partial charge is 0.496 e. The number of halogens is 4. The highest BCUT2D eigenvalue weighted by Crippen LogP contribution is 2.39. The van der Waals surface area contributed by atoms with Crippen LogP contribution in [0.4, 0.5) is 17.6 Å². The second-order valence-corrected chi connectivity index (χ2v) is 8.77. The van der Waals surface area contributed by atoms with Crippen LogP contribution < -0.4 is 14.8 Å². The first-order valence-corrected chi connectivity index (χ1v) is 11.6. The molecule has 1 atom stereocenters. The van der Waals surface area contributed by atoms with Gasteiger partial charge < -0.3 is 29.0 Å². The van der Waals surface area contributed by atoms with E-state index in [1.54, 1.807) is 33.2 Å². The van der Waals surface area contributed by atoms with Crippen LogP contribution in [0.1, 0.15) is 28.6 Å². The molecule has 0 spiro atoms. The highest BCUT2D eigenvalue weighted by Gasteiger charge is 2.36. The highest BCUT2D eigenvalue weighted by molar-refractivity contribution is 6.03. The Balaban J connectivity index is 0.000000272. The van der Waals surface area contributed by atoms with Gasteiger partial charge in [-0.25, -0.2) is 4.39 Å². The molecule has 0 fully saturated rings. The molecule has 1 N–H and O–H groups in total. The predicted octanol–water partition coefficient (Wildman–Crippen LogP) is 3.84. The van der Waals surface area contributed by atoms with E-state index in [1.165, 1.54) is 23.0 Å². The molecule has 2 heterocycles. The summed E-state index contributed by atoms with van der Waals surface area (Å²) in [6.45, 7) is 1.68. The van der Waals surface area contributed by atoms with Crippen molar-refractivity contribution in [2.75, 3.05) is 34.4 Å². The van der Waals surface area contributed by atoms with E-state index in [9.17, 15) is 31.9 Å². The van der Waals surface area contributed by atoms with E-state index in [0.717, 1.165) is 18.2 Å². The van der Waals surface area contributed by atoms with Gasteiger partial charge in [-0.2, -0.15) is 13.2 Å². The molecule has 1 aromatic heterocycles. The summed E-state index contributed by atoms with van der Waals surface area (Å²) in [5.74, 6) is -1.05. The van der Waals surface area contributed by atoms with Crippen LogP contribution in [-0.4, -0.2) is 68.4 Å². The Morgan fingerprint density at radius 3 is 2.59 bits per heavy atom. The third kappa shape index (κ3) is 6.59. The number of ether oxygens (including phenoxy) is 2. The fourth-order valence-electron chi connectivity index (χ4n) is 3.72. The Morgan fingerprint density at radius 2 is 1.97 bits per heavy atom. The summed E-state index contributed by atoms with van der Waals surface area (Å²) < 4.78 is 68.0. The lowest BCUT2D eigenvalue weighted by Crippen LogP contribution is -2.45. The summed E-state index contributed by atoms with van der Waals surface area (Å²) >= 11 is 0. The molecular weight excluding hydrogens is 526 g/mol. The van der Waals surface area contributed by atoms with Crippen molar-refractivity contribution >= 4 is 29.2 Å². The number of nitrogens with one attached hydrogen (secondary N) is 1. The van der Waals surface area contributed by atoms with Gasteiger partial charge in [0.15, 0.2) is 5.75 Å². The summed E-state index contributed by atoms with van der Waals surface area (Å²) in [6, 6.07) is 7.01. The number of rotatable bonds is 6. The SMILES string of the molecule is CC1COc2c(oc3ccc(C(F)(F)F)cc23)C(=O)N1CC(=O)N(C)C.COc1cccc(F)c1CNC=O. The van der Waals surface area contributed by atoms with Gasteiger partial charge in [-0.05, 0) is 37.3 Å². The van der Waals surface area contributed by atoms with Crippen molar-refractivity contribution in [1.82, 2.24) is 15.1 Å². The van der Waals surface area contributed by atoms with E-state index < -0.39 is 23.7 Å². The van der Waals surface area contributed by atoms with Crippen molar-refractivity contribution in [3.05, 3.63) is 59.1 Å². The first-order chi connectivity index (χ1) is 18.4. The fourth-order valence-corrected chi connectivity index (χ4v) is 3.72. The van der Waals surface area contributed by atoms with Crippen LogP contribution in [0.25, 0.3) is 11.0 Å². The Hall–Kier alpha value is -4.29. The molecule has 3 amide bonds. The zero-order chi connectivity index (χ0) is 28.9. The number of fused-ring (bicyclic) bond motifs is 3. The number of amides is 3. The minimum atomic E-state index is -4.52. The van der Waals surface area contributed by atoms with Crippen LogP contribution in [0.2, 0.25) is 0 Å². The predicted molar refractivity (Wildman–Crippen MR) is 132 cm³/mol. The third-order valence-electron chi connectivity index (χ3n) is 5.89. The average molecular weight is 554 g/mol. The molecule has 0 saturated carbocycles. The minimum absolute atomic E-state index is 0.0252. The second kappa shape index (κ2) is 12.0. The van der Waals surface area contributed by atoms with E-state index in [2.05, 4.69) is 5.32 Å². The lowest BCUT2D eigenvalue weighted by molar-refractivity contribution is -0.137. The smallest absolute Gasteiger partial charge is 0.416 e. The molecule has 210 valence electrons. The van der Waals surface area contributed by atoms with Crippen molar-refractivity contribution < 1.29 is 45.8 Å². The molecule has 4 rings (SSSR count). The van der Waals surface area contributed by atoms with Gasteiger partial charge in [0.05, 0.1) is 24.1 Å². The quantitative estimate of drug-likeness (QED) is 0.368. The lowest BCUT2D eigenvalue weighted by atomic mass is 10.1. The summed E-state index contributed by atoms with van der Waals surface area (Å²) in [5.41, 5.74) is -0.386. The number of alkyl halides is 3. The summed E-state index contributed by atoms with van der Waals surface area (Å²) in [5, 5.41) is 2.46. The number of carbonyl (C=O) groups is 3. The van der Waals surface area contributed by atoms with Gasteiger partial charge in [-0.1, -0.05) is 6.07 Å². The van der Waals surface area contributed by atoms with Crippen LogP contribution in [0, 0.1) is 5.82 Å². The van der Waals surface area contributed by atoms with Gasteiger partial charge in [-0.3, -0.25) is 14.4 Å². The maximum atomic E-state index is 13.1. The molecule has 2 aromatic carbocycles. The molecule has 3 aromatic rings. The van der Waals surface area contributed by atoms with Crippen LogP contribution in [0.5, 0.6) is 11.5 Å². The topological polar surface area (TPSA) is 101 Å². The van der Waals surface area contributed by atoms with Crippen molar-refractivity contribution in [2.45, 2.75) is 25.7 Å². The van der Waals surface area contributed by atoms with Crippen molar-refractivity contribution in [2.24, 2.45) is 0 Å². The number of methoxy groups -OCH3 is 1. The number of hydrogen-bond acceptors (Lipinski definition) is 6. The van der Waals surface area contributed by atoms with Crippen LogP contribution in [0.3, 0.4) is 0 Å². The van der Waals surface area contributed by atoms with Crippen LogP contribution in [-0.2, 0) is 22.3 Å². The molecule has 39 heavy (non-hydrogen) atoms. The van der Waals surface area contributed by atoms with E-state index in [1.807, 2.05) is 0 Å². The third-order valence-corrected chi connectivity index (χ3v) is 5.89. The summed E-state index contributed by atoms with van der Waals surface area (Å²) in [4.78, 5) is 37.5. The zero-order valence-electron chi connectivity index (χ0n) is 21.6. The molecule has 0 bridgehead atoms. The Morgan fingerprint density at radius 1 is 1.26 bits per heavy atom. The standard InChI is InChI=1S/C17H17F3N2O4.C9H10FNO2/c1-9-8-25-14-11-6-10(17(18,19)20)4-5-12(11)26-15(14)16(24)22(9)7-13(23)21(2)3;1-13-9-4-2-3-8(10)7(9)5-11-6-12/h4-6,9H,7-8H2,1-3H3;2-4,6H,5H2,1H3,(H,11,12). The van der Waals surface area contributed by atoms with Gasteiger partial charge in [-0.15, -0.1) is 0 Å². The summed E-state index contributed by atoms with van der Waals surface area (Å²) in [6.07, 6.45) is -4.00. The van der Waals surface area contributed by atoms with E-state index in [0.29, 0.717) is 17.7 Å². The molecular formula is C26H27F4N3O6. The molecule has 1 unspecified atom stereocenters. The van der Waals surface area contributed by atoms with E-state index in [-0.39, 0.29) is 53.9 Å². The van der Waals surface area contributed by atoms with Crippen molar-refractivity contribution in [3.63, 3.8) is 0 Å². The first kappa shape index (κ1) is 29.3.